The molecule has 2 N–H and O–H groups in total. The molecule has 82 valence electrons. The molecule has 1 heterocycles. The van der Waals surface area contributed by atoms with Gasteiger partial charge in [0.15, 0.2) is 0 Å². The second-order valence-electron chi connectivity index (χ2n) is 3.61. The van der Waals surface area contributed by atoms with Crippen LogP contribution in [-0.4, -0.2) is 17.0 Å². The quantitative estimate of drug-likeness (QED) is 0.844. The largest absolute Gasteiger partial charge is 0.368 e. The number of nitrogens with zero attached hydrogens (tertiary/aromatic N) is 3. The van der Waals surface area contributed by atoms with Crippen LogP contribution in [0, 0.1) is 0 Å². The summed E-state index contributed by atoms with van der Waals surface area (Å²) in [5.41, 5.74) is 6.78. The van der Waals surface area contributed by atoms with E-state index >= 15 is 0 Å². The van der Waals surface area contributed by atoms with Crippen molar-refractivity contribution in [3.63, 3.8) is 0 Å². The summed E-state index contributed by atoms with van der Waals surface area (Å²) < 4.78 is 0. The van der Waals surface area contributed by atoms with Gasteiger partial charge in [0.2, 0.25) is 5.95 Å². The van der Waals surface area contributed by atoms with E-state index in [0.717, 1.165) is 12.4 Å². The van der Waals surface area contributed by atoms with E-state index in [1.54, 1.807) is 6.20 Å². The lowest BCUT2D eigenvalue weighted by molar-refractivity contribution is 0.894. The second kappa shape index (κ2) is 4.61. The lowest BCUT2D eigenvalue weighted by Gasteiger charge is -2.17. The second-order valence-corrected chi connectivity index (χ2v) is 3.61. The van der Waals surface area contributed by atoms with E-state index < -0.39 is 0 Å². The third-order valence-electron chi connectivity index (χ3n) is 2.31. The average Bonchev–Trinajstić information content (AvgIpc) is 2.30. The fraction of sp³-hybridized carbons (Fsp3) is 0.167. The van der Waals surface area contributed by atoms with Gasteiger partial charge in [-0.3, -0.25) is 0 Å². The third kappa shape index (κ3) is 2.48. The number of benzene rings is 1. The maximum absolute atomic E-state index is 5.54. The van der Waals surface area contributed by atoms with Crippen LogP contribution in [0.2, 0.25) is 0 Å². The molecule has 2 aromatic rings. The summed E-state index contributed by atoms with van der Waals surface area (Å²) in [6.45, 7) is 0.803. The first-order valence-corrected chi connectivity index (χ1v) is 5.09. The highest BCUT2D eigenvalue weighted by atomic mass is 15.2. The number of nitrogens with two attached hydrogens (primary N) is 1. The lowest BCUT2D eigenvalue weighted by Crippen LogP contribution is -2.18. The van der Waals surface area contributed by atoms with Gasteiger partial charge in [-0.25, -0.2) is 4.98 Å². The van der Waals surface area contributed by atoms with Crippen LogP contribution in [-0.2, 0) is 6.54 Å². The molecule has 0 aliphatic rings. The van der Waals surface area contributed by atoms with E-state index in [4.69, 9.17) is 5.73 Å². The topological polar surface area (TPSA) is 55.0 Å². The molecular formula is C12H14N4. The van der Waals surface area contributed by atoms with Crippen molar-refractivity contribution in [3.05, 3.63) is 48.2 Å². The molecule has 4 heteroatoms. The minimum absolute atomic E-state index is 0.303. The Morgan fingerprint density at radius 3 is 2.62 bits per heavy atom. The molecule has 0 unspecified atom stereocenters. The zero-order valence-electron chi connectivity index (χ0n) is 9.17. The Kier molecular flexibility index (Phi) is 3.00. The van der Waals surface area contributed by atoms with Crippen LogP contribution >= 0.6 is 0 Å². The highest BCUT2D eigenvalue weighted by molar-refractivity contribution is 5.40. The summed E-state index contributed by atoms with van der Waals surface area (Å²) in [5.74, 6) is 1.13. The molecule has 0 atom stereocenters. The van der Waals surface area contributed by atoms with Crippen LogP contribution in [0.25, 0.3) is 0 Å². The van der Waals surface area contributed by atoms with Crippen molar-refractivity contribution < 1.29 is 0 Å². The first-order chi connectivity index (χ1) is 7.75. The van der Waals surface area contributed by atoms with Gasteiger partial charge in [-0.2, -0.15) is 4.98 Å². The summed E-state index contributed by atoms with van der Waals surface area (Å²) in [5, 5.41) is 0. The van der Waals surface area contributed by atoms with Gasteiger partial charge in [-0.1, -0.05) is 30.3 Å². The number of nitrogen functional groups attached to an aromatic ring is 1. The van der Waals surface area contributed by atoms with E-state index in [-0.39, 0.29) is 0 Å². The molecule has 0 amide bonds. The smallest absolute Gasteiger partial charge is 0.221 e. The number of rotatable bonds is 3. The zero-order chi connectivity index (χ0) is 11.4. The first-order valence-electron chi connectivity index (χ1n) is 5.09. The normalized spacial score (nSPS) is 10.1. The van der Waals surface area contributed by atoms with Crippen molar-refractivity contribution in [2.24, 2.45) is 0 Å². The lowest BCUT2D eigenvalue weighted by atomic mass is 10.2. The highest BCUT2D eigenvalue weighted by Crippen LogP contribution is 2.12. The summed E-state index contributed by atoms with van der Waals surface area (Å²) in [4.78, 5) is 10.1. The monoisotopic (exact) mass is 214 g/mol. The molecule has 0 saturated carbocycles. The minimum Gasteiger partial charge on any atom is -0.368 e. The van der Waals surface area contributed by atoms with Gasteiger partial charge < -0.3 is 10.6 Å². The first kappa shape index (κ1) is 10.4. The fourth-order valence-corrected chi connectivity index (χ4v) is 1.51. The Morgan fingerprint density at radius 1 is 1.19 bits per heavy atom. The maximum atomic E-state index is 5.54. The molecule has 0 saturated heterocycles. The number of hydrogen-bond donors (Lipinski definition) is 1. The molecule has 2 rings (SSSR count). The van der Waals surface area contributed by atoms with Crippen molar-refractivity contribution >= 4 is 11.8 Å². The highest BCUT2D eigenvalue weighted by Gasteiger charge is 2.03. The van der Waals surface area contributed by atoms with Gasteiger partial charge in [-0.05, 0) is 11.6 Å². The van der Waals surface area contributed by atoms with Gasteiger partial charge >= 0.3 is 0 Å². The van der Waals surface area contributed by atoms with Gasteiger partial charge in [0.1, 0.15) is 5.82 Å². The van der Waals surface area contributed by atoms with Crippen LogP contribution in [0.4, 0.5) is 11.8 Å². The summed E-state index contributed by atoms with van der Waals surface area (Å²) in [6, 6.07) is 12.1. The molecule has 16 heavy (non-hydrogen) atoms. The van der Waals surface area contributed by atoms with Crippen LogP contribution in [0.5, 0.6) is 0 Å². The molecule has 0 aliphatic carbocycles. The molecule has 0 bridgehead atoms. The van der Waals surface area contributed by atoms with E-state index in [2.05, 4.69) is 22.1 Å². The minimum atomic E-state index is 0.303. The predicted octanol–water partition coefficient (Wildman–Crippen LogP) is 1.70. The summed E-state index contributed by atoms with van der Waals surface area (Å²) in [6.07, 6.45) is 1.67. The molecule has 0 spiro atoms. The molecule has 0 radical (unpaired) electrons. The van der Waals surface area contributed by atoms with Gasteiger partial charge in [0, 0.05) is 19.8 Å². The van der Waals surface area contributed by atoms with E-state index in [9.17, 15) is 0 Å². The van der Waals surface area contributed by atoms with Crippen LogP contribution in [0.15, 0.2) is 42.6 Å². The third-order valence-corrected chi connectivity index (χ3v) is 2.31. The standard InChI is InChI=1S/C12H14N4/c1-16(9-10-5-3-2-4-6-10)11-7-8-14-12(13)15-11/h2-8H,9H2,1H3,(H2,13,14,15). The Morgan fingerprint density at radius 2 is 1.94 bits per heavy atom. The number of anilines is 2. The Bertz CT molecular complexity index is 456. The van der Waals surface area contributed by atoms with Crippen LogP contribution < -0.4 is 10.6 Å². The molecular weight excluding hydrogens is 200 g/mol. The van der Waals surface area contributed by atoms with Gasteiger partial charge in [0.25, 0.3) is 0 Å². The van der Waals surface area contributed by atoms with E-state index in [1.807, 2.05) is 36.2 Å². The average molecular weight is 214 g/mol. The van der Waals surface area contributed by atoms with Crippen LogP contribution in [0.3, 0.4) is 0 Å². The Hall–Kier alpha value is -2.10. The summed E-state index contributed by atoms with van der Waals surface area (Å²) in [7, 11) is 1.98. The van der Waals surface area contributed by atoms with Crippen molar-refractivity contribution in [1.29, 1.82) is 0 Å². The van der Waals surface area contributed by atoms with Gasteiger partial charge in [-0.15, -0.1) is 0 Å². The molecule has 0 fully saturated rings. The van der Waals surface area contributed by atoms with Crippen LogP contribution in [0.1, 0.15) is 5.56 Å². The zero-order valence-corrected chi connectivity index (χ0v) is 9.17. The van der Waals surface area contributed by atoms with Gasteiger partial charge in [0.05, 0.1) is 0 Å². The molecule has 0 aliphatic heterocycles. The predicted molar refractivity (Wildman–Crippen MR) is 65.0 cm³/mol. The number of hydrogen-bond acceptors (Lipinski definition) is 4. The maximum Gasteiger partial charge on any atom is 0.221 e. The molecule has 4 nitrogen and oxygen atoms in total. The molecule has 1 aromatic carbocycles. The van der Waals surface area contributed by atoms with Crippen molar-refractivity contribution in [3.8, 4) is 0 Å². The number of aromatic nitrogens is 2. The Labute approximate surface area is 94.8 Å². The van der Waals surface area contributed by atoms with Crippen molar-refractivity contribution in [2.45, 2.75) is 6.54 Å². The molecule has 1 aromatic heterocycles. The van der Waals surface area contributed by atoms with E-state index in [0.29, 0.717) is 5.95 Å². The fourth-order valence-electron chi connectivity index (χ4n) is 1.51. The van der Waals surface area contributed by atoms with Crippen molar-refractivity contribution in [2.75, 3.05) is 17.7 Å². The summed E-state index contributed by atoms with van der Waals surface area (Å²) >= 11 is 0. The van der Waals surface area contributed by atoms with Crippen molar-refractivity contribution in [1.82, 2.24) is 9.97 Å². The SMILES string of the molecule is CN(Cc1ccccc1)c1ccnc(N)n1. The van der Waals surface area contributed by atoms with E-state index in [1.165, 1.54) is 5.56 Å². The Balaban J connectivity index is 2.12.